The molecular weight excluding hydrogens is 334 g/mol. The van der Waals surface area contributed by atoms with E-state index in [4.69, 9.17) is 0 Å². The highest BCUT2D eigenvalue weighted by Gasteiger charge is 2.18. The van der Waals surface area contributed by atoms with Crippen LogP contribution in [0.15, 0.2) is 6.20 Å². The highest BCUT2D eigenvalue weighted by atomic mass is 32.1. The van der Waals surface area contributed by atoms with Crippen LogP contribution < -0.4 is 5.32 Å². The summed E-state index contributed by atoms with van der Waals surface area (Å²) < 4.78 is 0. The number of aromatic nitrogens is 1. The van der Waals surface area contributed by atoms with Crippen molar-refractivity contribution in [2.24, 2.45) is 5.92 Å². The van der Waals surface area contributed by atoms with E-state index in [2.05, 4.69) is 31.1 Å². The van der Waals surface area contributed by atoms with E-state index >= 15 is 0 Å². The van der Waals surface area contributed by atoms with Gasteiger partial charge in [0.25, 0.3) is 0 Å². The van der Waals surface area contributed by atoms with Crippen molar-refractivity contribution in [1.82, 2.24) is 9.88 Å². The molecule has 0 bridgehead atoms. The fourth-order valence-electron chi connectivity index (χ4n) is 2.65. The third kappa shape index (κ3) is 9.58. The second kappa shape index (κ2) is 12.0. The molecule has 1 rings (SSSR count). The summed E-state index contributed by atoms with van der Waals surface area (Å²) in [7, 11) is 0. The van der Waals surface area contributed by atoms with Crippen molar-refractivity contribution in [2.75, 3.05) is 18.4 Å². The zero-order valence-electron chi connectivity index (χ0n) is 16.1. The summed E-state index contributed by atoms with van der Waals surface area (Å²) in [6.07, 6.45) is 9.19. The van der Waals surface area contributed by atoms with Gasteiger partial charge in [0.1, 0.15) is 0 Å². The van der Waals surface area contributed by atoms with Gasteiger partial charge in [0.05, 0.1) is 6.54 Å². The number of rotatable bonds is 12. The van der Waals surface area contributed by atoms with Crippen molar-refractivity contribution >= 4 is 28.3 Å². The van der Waals surface area contributed by atoms with E-state index in [0.29, 0.717) is 24.0 Å². The Balaban J connectivity index is 2.43. The number of nitrogens with one attached hydrogen (secondary N) is 1. The lowest BCUT2D eigenvalue weighted by atomic mass is 10.1. The Morgan fingerprint density at radius 2 is 1.88 bits per heavy atom. The molecule has 0 aliphatic heterocycles. The molecule has 1 heterocycles. The maximum absolute atomic E-state index is 12.5. The highest BCUT2D eigenvalue weighted by Crippen LogP contribution is 2.16. The number of amides is 2. The van der Waals surface area contributed by atoms with Crippen LogP contribution in [0.3, 0.4) is 0 Å². The minimum atomic E-state index is -0.175. The number of carbonyl (C=O) groups excluding carboxylic acids is 2. The van der Waals surface area contributed by atoms with E-state index in [0.717, 1.165) is 17.7 Å². The average molecular weight is 368 g/mol. The molecule has 0 aliphatic rings. The Bertz CT molecular complexity index is 528. The molecule has 25 heavy (non-hydrogen) atoms. The van der Waals surface area contributed by atoms with Crippen LogP contribution in [-0.4, -0.2) is 34.8 Å². The first-order valence-electron chi connectivity index (χ1n) is 9.42. The lowest BCUT2D eigenvalue weighted by Crippen LogP contribution is -2.40. The molecule has 0 spiro atoms. The number of thiazole rings is 1. The van der Waals surface area contributed by atoms with Crippen molar-refractivity contribution in [2.45, 2.75) is 72.6 Å². The van der Waals surface area contributed by atoms with Gasteiger partial charge in [0.15, 0.2) is 5.13 Å². The minimum Gasteiger partial charge on any atom is -0.333 e. The van der Waals surface area contributed by atoms with E-state index in [1.54, 1.807) is 11.1 Å². The number of unbranched alkanes of at least 4 members (excludes halogenated alkanes) is 5. The van der Waals surface area contributed by atoms with Gasteiger partial charge in [-0.3, -0.25) is 9.59 Å². The van der Waals surface area contributed by atoms with Gasteiger partial charge >= 0.3 is 0 Å². The number of hydrogen-bond acceptors (Lipinski definition) is 4. The molecule has 0 fully saturated rings. The van der Waals surface area contributed by atoms with E-state index < -0.39 is 0 Å². The monoisotopic (exact) mass is 367 g/mol. The maximum Gasteiger partial charge on any atom is 0.245 e. The van der Waals surface area contributed by atoms with Crippen LogP contribution in [0, 0.1) is 12.8 Å². The number of aryl methyl sites for hydroxylation is 1. The first kappa shape index (κ1) is 21.6. The van der Waals surface area contributed by atoms with Gasteiger partial charge in [-0.2, -0.15) is 0 Å². The smallest absolute Gasteiger partial charge is 0.245 e. The van der Waals surface area contributed by atoms with Crippen LogP contribution in [0.25, 0.3) is 0 Å². The number of carbonyl (C=O) groups is 2. The van der Waals surface area contributed by atoms with Crippen molar-refractivity contribution in [1.29, 1.82) is 0 Å². The van der Waals surface area contributed by atoms with Crippen LogP contribution in [-0.2, 0) is 9.59 Å². The summed E-state index contributed by atoms with van der Waals surface area (Å²) in [6.45, 7) is 8.98. The molecule has 2 amide bonds. The van der Waals surface area contributed by atoms with Crippen molar-refractivity contribution in [3.8, 4) is 0 Å². The third-order valence-electron chi connectivity index (χ3n) is 3.88. The molecule has 6 heteroatoms. The molecule has 0 atom stereocenters. The van der Waals surface area contributed by atoms with E-state index in [-0.39, 0.29) is 18.4 Å². The van der Waals surface area contributed by atoms with E-state index in [9.17, 15) is 9.59 Å². The van der Waals surface area contributed by atoms with Crippen LogP contribution in [0.5, 0.6) is 0 Å². The molecule has 0 aliphatic carbocycles. The summed E-state index contributed by atoms with van der Waals surface area (Å²) >= 11 is 1.44. The van der Waals surface area contributed by atoms with Crippen molar-refractivity contribution < 1.29 is 9.59 Å². The second-order valence-electron chi connectivity index (χ2n) is 7.01. The second-order valence-corrected chi connectivity index (χ2v) is 8.24. The molecule has 0 radical (unpaired) electrons. The average Bonchev–Trinajstić information content (AvgIpc) is 2.94. The number of nitrogens with zero attached hydrogens (tertiary/aromatic N) is 2. The van der Waals surface area contributed by atoms with Gasteiger partial charge in [-0.05, 0) is 19.3 Å². The molecule has 142 valence electrons. The predicted octanol–water partition coefficient (Wildman–Crippen LogP) is 4.63. The fraction of sp³-hybridized carbons (Fsp3) is 0.737. The molecule has 0 saturated carbocycles. The molecule has 1 aromatic rings. The quantitative estimate of drug-likeness (QED) is 0.548. The Hall–Kier alpha value is -1.43. The summed E-state index contributed by atoms with van der Waals surface area (Å²) in [4.78, 5) is 31.6. The van der Waals surface area contributed by atoms with Gasteiger partial charge in [-0.1, -0.05) is 52.9 Å². The Morgan fingerprint density at radius 3 is 2.48 bits per heavy atom. The summed E-state index contributed by atoms with van der Waals surface area (Å²) in [6, 6.07) is 0. The van der Waals surface area contributed by atoms with Gasteiger partial charge in [0, 0.05) is 24.0 Å². The normalized spacial score (nSPS) is 10.9. The lowest BCUT2D eigenvalue weighted by molar-refractivity contribution is -0.135. The van der Waals surface area contributed by atoms with Crippen LogP contribution in [0.2, 0.25) is 0 Å². The molecule has 1 N–H and O–H groups in total. The van der Waals surface area contributed by atoms with Crippen LogP contribution >= 0.6 is 11.3 Å². The Kier molecular flexibility index (Phi) is 10.4. The Morgan fingerprint density at radius 1 is 1.20 bits per heavy atom. The highest BCUT2D eigenvalue weighted by molar-refractivity contribution is 7.15. The molecular formula is C19H33N3O2S. The zero-order valence-corrected chi connectivity index (χ0v) is 17.0. The van der Waals surface area contributed by atoms with Gasteiger partial charge in [0.2, 0.25) is 11.8 Å². The van der Waals surface area contributed by atoms with Crippen molar-refractivity contribution in [3.05, 3.63) is 11.1 Å². The predicted molar refractivity (Wildman–Crippen MR) is 105 cm³/mol. The van der Waals surface area contributed by atoms with E-state index in [1.165, 1.54) is 37.0 Å². The first-order valence-corrected chi connectivity index (χ1v) is 10.2. The fourth-order valence-corrected chi connectivity index (χ4v) is 3.34. The van der Waals surface area contributed by atoms with Crippen molar-refractivity contribution in [3.63, 3.8) is 0 Å². The standard InChI is InChI=1S/C19H33N3O2S/c1-5-6-7-8-9-10-11-18(24)22(13-15(2)3)14-17(23)21-19-20-12-16(4)25-19/h12,15H,5-11,13-14H2,1-4H3,(H,20,21,23). The number of hydrogen-bond donors (Lipinski definition) is 1. The Labute approximate surface area is 156 Å². The van der Waals surface area contributed by atoms with Gasteiger partial charge < -0.3 is 10.2 Å². The number of anilines is 1. The SMILES string of the molecule is CCCCCCCCC(=O)N(CC(=O)Nc1ncc(C)s1)CC(C)C. The topological polar surface area (TPSA) is 62.3 Å². The van der Waals surface area contributed by atoms with Gasteiger partial charge in [-0.25, -0.2) is 4.98 Å². The molecule has 0 saturated heterocycles. The van der Waals surface area contributed by atoms with Crippen LogP contribution in [0.1, 0.15) is 70.6 Å². The zero-order chi connectivity index (χ0) is 18.7. The maximum atomic E-state index is 12.5. The first-order chi connectivity index (χ1) is 11.9. The largest absolute Gasteiger partial charge is 0.333 e. The lowest BCUT2D eigenvalue weighted by Gasteiger charge is -2.24. The minimum absolute atomic E-state index is 0.0784. The third-order valence-corrected chi connectivity index (χ3v) is 4.71. The van der Waals surface area contributed by atoms with Crippen LogP contribution in [0.4, 0.5) is 5.13 Å². The molecule has 0 unspecified atom stereocenters. The van der Waals surface area contributed by atoms with Gasteiger partial charge in [-0.15, -0.1) is 11.3 Å². The molecule has 5 nitrogen and oxygen atoms in total. The van der Waals surface area contributed by atoms with E-state index in [1.807, 2.05) is 6.92 Å². The summed E-state index contributed by atoms with van der Waals surface area (Å²) in [5, 5.41) is 3.38. The molecule has 0 aromatic carbocycles. The summed E-state index contributed by atoms with van der Waals surface area (Å²) in [5.41, 5.74) is 0. The summed E-state index contributed by atoms with van der Waals surface area (Å²) in [5.74, 6) is 0.240. The molecule has 1 aromatic heterocycles.